The van der Waals surface area contributed by atoms with Crippen molar-refractivity contribution in [3.05, 3.63) is 35.4 Å². The van der Waals surface area contributed by atoms with Crippen LogP contribution in [0.1, 0.15) is 49.9 Å². The lowest BCUT2D eigenvalue weighted by atomic mass is 10.0. The van der Waals surface area contributed by atoms with Gasteiger partial charge in [-0.2, -0.15) is 0 Å². The van der Waals surface area contributed by atoms with E-state index in [-0.39, 0.29) is 17.6 Å². The molecule has 0 bridgehead atoms. The number of rotatable bonds is 5. The maximum Gasteiger partial charge on any atom is 0.244 e. The van der Waals surface area contributed by atoms with Crippen LogP contribution in [0.4, 0.5) is 0 Å². The summed E-state index contributed by atoms with van der Waals surface area (Å²) in [5.74, 6) is 0.758. The van der Waals surface area contributed by atoms with Crippen molar-refractivity contribution < 1.29 is 9.53 Å². The largest absolute Gasteiger partial charge is 0.383 e. The molecule has 1 unspecified atom stereocenters. The predicted octanol–water partition coefficient (Wildman–Crippen LogP) is 2.42. The van der Waals surface area contributed by atoms with Crippen LogP contribution in [-0.4, -0.2) is 36.6 Å². The fourth-order valence-electron chi connectivity index (χ4n) is 3.02. The molecule has 1 aromatic carbocycles. The third-order valence-electron chi connectivity index (χ3n) is 4.60. The van der Waals surface area contributed by atoms with E-state index in [1.165, 1.54) is 5.56 Å². The van der Waals surface area contributed by atoms with Crippen LogP contribution in [0.2, 0.25) is 0 Å². The van der Waals surface area contributed by atoms with E-state index in [1.807, 2.05) is 4.90 Å². The van der Waals surface area contributed by atoms with Crippen molar-refractivity contribution in [2.75, 3.05) is 20.3 Å². The van der Waals surface area contributed by atoms with Gasteiger partial charge in [-0.15, -0.1) is 0 Å². The molecule has 0 radical (unpaired) electrons. The Balaban J connectivity index is 1.83. The van der Waals surface area contributed by atoms with Gasteiger partial charge in [0, 0.05) is 13.7 Å². The van der Waals surface area contributed by atoms with Crippen LogP contribution in [0.15, 0.2) is 24.3 Å². The van der Waals surface area contributed by atoms with Gasteiger partial charge in [0.2, 0.25) is 5.91 Å². The zero-order valence-electron chi connectivity index (χ0n) is 13.1. The lowest BCUT2D eigenvalue weighted by Gasteiger charge is -2.24. The van der Waals surface area contributed by atoms with Crippen LogP contribution in [0, 0.1) is 0 Å². The molecule has 1 atom stereocenters. The standard InChI is InChI=1S/C17H24N2O2/c1-12(2)13-4-6-14(7-5-13)15-18-17(8-9-17)16(20)19(15)10-11-21-3/h4-7,12,15,18H,8-11H2,1-3H3. The average molecular weight is 288 g/mol. The normalized spacial score (nSPS) is 23.3. The van der Waals surface area contributed by atoms with Crippen molar-refractivity contribution in [1.29, 1.82) is 0 Å². The first-order valence-electron chi connectivity index (χ1n) is 7.75. The summed E-state index contributed by atoms with van der Waals surface area (Å²) in [6.45, 7) is 5.59. The number of benzene rings is 1. The number of carbonyl (C=O) groups excluding carboxylic acids is 1. The van der Waals surface area contributed by atoms with Crippen LogP contribution >= 0.6 is 0 Å². The lowest BCUT2D eigenvalue weighted by molar-refractivity contribution is -0.131. The Morgan fingerprint density at radius 2 is 2.00 bits per heavy atom. The zero-order valence-corrected chi connectivity index (χ0v) is 13.1. The molecule has 1 spiro atoms. The van der Waals surface area contributed by atoms with Crippen molar-refractivity contribution in [3.8, 4) is 0 Å². The van der Waals surface area contributed by atoms with Gasteiger partial charge >= 0.3 is 0 Å². The molecule has 1 aromatic rings. The van der Waals surface area contributed by atoms with E-state index in [4.69, 9.17) is 4.74 Å². The first-order valence-corrected chi connectivity index (χ1v) is 7.75. The molecule has 1 aliphatic heterocycles. The van der Waals surface area contributed by atoms with Gasteiger partial charge in [0.25, 0.3) is 0 Å². The van der Waals surface area contributed by atoms with E-state index in [9.17, 15) is 4.79 Å². The number of ether oxygens (including phenoxy) is 1. The third kappa shape index (κ3) is 2.58. The fourth-order valence-corrected chi connectivity index (χ4v) is 3.02. The topological polar surface area (TPSA) is 41.6 Å². The minimum absolute atomic E-state index is 0.0173. The maximum absolute atomic E-state index is 12.6. The van der Waals surface area contributed by atoms with Gasteiger partial charge in [0.05, 0.1) is 6.61 Å². The molecule has 114 valence electrons. The number of hydrogen-bond donors (Lipinski definition) is 1. The van der Waals surface area contributed by atoms with Gasteiger partial charge in [-0.3, -0.25) is 10.1 Å². The first-order chi connectivity index (χ1) is 10.1. The van der Waals surface area contributed by atoms with Crippen LogP contribution in [0.25, 0.3) is 0 Å². The number of nitrogens with one attached hydrogen (secondary N) is 1. The minimum Gasteiger partial charge on any atom is -0.383 e. The van der Waals surface area contributed by atoms with E-state index in [2.05, 4.69) is 43.4 Å². The highest BCUT2D eigenvalue weighted by atomic mass is 16.5. The molecule has 1 N–H and O–H groups in total. The van der Waals surface area contributed by atoms with Gasteiger partial charge < -0.3 is 9.64 Å². The second kappa shape index (κ2) is 5.43. The van der Waals surface area contributed by atoms with Crippen molar-refractivity contribution >= 4 is 5.91 Å². The molecule has 4 nitrogen and oxygen atoms in total. The summed E-state index contributed by atoms with van der Waals surface area (Å²) in [7, 11) is 1.67. The molecule has 1 saturated heterocycles. The summed E-state index contributed by atoms with van der Waals surface area (Å²) in [5.41, 5.74) is 2.20. The predicted molar refractivity (Wildman–Crippen MR) is 82.0 cm³/mol. The summed E-state index contributed by atoms with van der Waals surface area (Å²) in [6, 6.07) is 8.61. The summed E-state index contributed by atoms with van der Waals surface area (Å²) in [4.78, 5) is 14.5. The maximum atomic E-state index is 12.6. The molecule has 21 heavy (non-hydrogen) atoms. The van der Waals surface area contributed by atoms with E-state index in [0.29, 0.717) is 19.1 Å². The molecule has 2 fully saturated rings. The number of amides is 1. The molecule has 0 aromatic heterocycles. The monoisotopic (exact) mass is 288 g/mol. The molecule has 4 heteroatoms. The highest BCUT2D eigenvalue weighted by Crippen LogP contribution is 2.45. The third-order valence-corrected chi connectivity index (χ3v) is 4.60. The molecule has 1 saturated carbocycles. The molecule has 3 rings (SSSR count). The van der Waals surface area contributed by atoms with Crippen molar-refractivity contribution in [3.63, 3.8) is 0 Å². The molecular weight excluding hydrogens is 264 g/mol. The Hall–Kier alpha value is -1.39. The number of hydrogen-bond acceptors (Lipinski definition) is 3. The quantitative estimate of drug-likeness (QED) is 0.904. The van der Waals surface area contributed by atoms with Gasteiger partial charge in [0.1, 0.15) is 11.7 Å². The molecule has 1 amide bonds. The highest BCUT2D eigenvalue weighted by molar-refractivity contribution is 5.92. The second-order valence-corrected chi connectivity index (χ2v) is 6.44. The fraction of sp³-hybridized carbons (Fsp3) is 0.588. The number of nitrogens with zero attached hydrogens (tertiary/aromatic N) is 1. The molecule has 1 aliphatic carbocycles. The Kier molecular flexibility index (Phi) is 3.76. The minimum atomic E-state index is -0.283. The summed E-state index contributed by atoms with van der Waals surface area (Å²) in [6.07, 6.45) is 1.89. The summed E-state index contributed by atoms with van der Waals surface area (Å²) in [5, 5.41) is 3.54. The van der Waals surface area contributed by atoms with Crippen LogP contribution < -0.4 is 5.32 Å². The van der Waals surface area contributed by atoms with Crippen molar-refractivity contribution in [2.45, 2.75) is 44.3 Å². The smallest absolute Gasteiger partial charge is 0.244 e. The van der Waals surface area contributed by atoms with Gasteiger partial charge in [-0.25, -0.2) is 0 Å². The number of carbonyl (C=O) groups is 1. The van der Waals surface area contributed by atoms with E-state index in [1.54, 1.807) is 7.11 Å². The number of methoxy groups -OCH3 is 1. The first kappa shape index (κ1) is 14.5. The molecule has 1 heterocycles. The van der Waals surface area contributed by atoms with Crippen molar-refractivity contribution in [1.82, 2.24) is 10.2 Å². The Labute approximate surface area is 126 Å². The molecule has 2 aliphatic rings. The summed E-state index contributed by atoms with van der Waals surface area (Å²) < 4.78 is 5.15. The zero-order chi connectivity index (χ0) is 15.0. The van der Waals surface area contributed by atoms with Crippen LogP contribution in [0.3, 0.4) is 0 Å². The Bertz CT molecular complexity index is 520. The Morgan fingerprint density at radius 1 is 1.33 bits per heavy atom. The van der Waals surface area contributed by atoms with Gasteiger partial charge in [0.15, 0.2) is 0 Å². The SMILES string of the molecule is COCCN1C(=O)C2(CC2)NC1c1ccc(C(C)C)cc1. The highest BCUT2D eigenvalue weighted by Gasteiger charge is 2.59. The Morgan fingerprint density at radius 3 is 2.52 bits per heavy atom. The van der Waals surface area contributed by atoms with E-state index in [0.717, 1.165) is 18.4 Å². The van der Waals surface area contributed by atoms with Crippen molar-refractivity contribution in [2.24, 2.45) is 0 Å². The molecular formula is C17H24N2O2. The summed E-state index contributed by atoms with van der Waals surface area (Å²) >= 11 is 0. The van der Waals surface area contributed by atoms with Gasteiger partial charge in [-0.05, 0) is 29.9 Å². The average Bonchev–Trinajstić information content (AvgIpc) is 3.21. The lowest BCUT2D eigenvalue weighted by Crippen LogP contribution is -2.34. The second-order valence-electron chi connectivity index (χ2n) is 6.44. The van der Waals surface area contributed by atoms with Gasteiger partial charge in [-0.1, -0.05) is 38.1 Å². The van der Waals surface area contributed by atoms with Crippen LogP contribution in [0.5, 0.6) is 0 Å². The van der Waals surface area contributed by atoms with E-state index < -0.39 is 0 Å². The van der Waals surface area contributed by atoms with E-state index >= 15 is 0 Å². The van der Waals surface area contributed by atoms with Crippen LogP contribution in [-0.2, 0) is 9.53 Å².